The average molecular weight is 584 g/mol. The lowest BCUT2D eigenvalue weighted by molar-refractivity contribution is 0.530. The van der Waals surface area contributed by atoms with Crippen LogP contribution >= 0.6 is 46.4 Å². The highest BCUT2D eigenvalue weighted by Gasteiger charge is 2.27. The summed E-state index contributed by atoms with van der Waals surface area (Å²) in [5.41, 5.74) is 20.0. The minimum atomic E-state index is 0.148. The lowest BCUT2D eigenvalue weighted by atomic mass is 9.77. The van der Waals surface area contributed by atoms with E-state index in [4.69, 9.17) is 57.9 Å². The van der Waals surface area contributed by atoms with Gasteiger partial charge in [-0.15, -0.1) is 0 Å². The fourth-order valence-corrected chi connectivity index (χ4v) is 6.41. The zero-order valence-electron chi connectivity index (χ0n) is 20.9. The largest absolute Gasteiger partial charge is 0.324 e. The fourth-order valence-electron chi connectivity index (χ4n) is 5.80. The molecule has 0 saturated heterocycles. The van der Waals surface area contributed by atoms with Crippen molar-refractivity contribution in [2.75, 3.05) is 0 Å². The Bertz CT molecular complexity index is 1330. The van der Waals surface area contributed by atoms with Gasteiger partial charge in [0.25, 0.3) is 0 Å². The number of benzene rings is 4. The third-order valence-electron chi connectivity index (χ3n) is 7.77. The van der Waals surface area contributed by atoms with Crippen molar-refractivity contribution in [3.8, 4) is 0 Å². The Morgan fingerprint density at radius 3 is 1.18 bits per heavy atom. The van der Waals surface area contributed by atoms with E-state index in [2.05, 4.69) is 60.7 Å². The first-order chi connectivity index (χ1) is 18.3. The monoisotopic (exact) mass is 582 g/mol. The van der Waals surface area contributed by atoms with Crippen LogP contribution in [0.2, 0.25) is 20.1 Å². The van der Waals surface area contributed by atoms with E-state index in [0.717, 1.165) is 25.7 Å². The molecular weight excluding hydrogens is 554 g/mol. The normalized spacial score (nSPS) is 22.1. The SMILES string of the molecule is N[C@@H]1CCC(c2ccc(Cl)c(Cl)c2)c2ccccc21.N[C@@H]1CC[C@@H](c2ccc(Cl)c(Cl)c2)c2ccccc21. The van der Waals surface area contributed by atoms with Gasteiger partial charge in [-0.3, -0.25) is 0 Å². The van der Waals surface area contributed by atoms with Gasteiger partial charge in [-0.1, -0.05) is 107 Å². The van der Waals surface area contributed by atoms with Gasteiger partial charge >= 0.3 is 0 Å². The maximum Gasteiger partial charge on any atom is 0.0595 e. The van der Waals surface area contributed by atoms with Gasteiger partial charge < -0.3 is 11.5 Å². The molecule has 0 radical (unpaired) electrons. The third kappa shape index (κ3) is 5.77. The molecule has 0 amide bonds. The molecule has 0 fully saturated rings. The summed E-state index contributed by atoms with van der Waals surface area (Å²) in [6, 6.07) is 29.0. The van der Waals surface area contributed by atoms with Crippen molar-refractivity contribution in [3.63, 3.8) is 0 Å². The Hall–Kier alpha value is -2.04. The van der Waals surface area contributed by atoms with Crippen molar-refractivity contribution in [1.82, 2.24) is 0 Å². The van der Waals surface area contributed by atoms with E-state index in [1.807, 2.05) is 24.3 Å². The Labute approximate surface area is 244 Å². The van der Waals surface area contributed by atoms with Gasteiger partial charge in [0.2, 0.25) is 0 Å². The Balaban J connectivity index is 0.000000155. The number of fused-ring (bicyclic) bond motifs is 2. The molecule has 4 atom stereocenters. The number of nitrogens with two attached hydrogens (primary N) is 2. The second-order valence-electron chi connectivity index (χ2n) is 10.1. The van der Waals surface area contributed by atoms with E-state index in [1.165, 1.54) is 33.4 Å². The maximum atomic E-state index is 6.19. The molecule has 4 N–H and O–H groups in total. The molecule has 0 saturated carbocycles. The lowest BCUT2D eigenvalue weighted by Crippen LogP contribution is -2.20. The van der Waals surface area contributed by atoms with Gasteiger partial charge in [-0.2, -0.15) is 0 Å². The maximum absolute atomic E-state index is 6.19. The van der Waals surface area contributed by atoms with Crippen molar-refractivity contribution in [2.45, 2.75) is 49.6 Å². The number of rotatable bonds is 2. The van der Waals surface area contributed by atoms with Crippen molar-refractivity contribution in [1.29, 1.82) is 0 Å². The second kappa shape index (κ2) is 12.0. The van der Waals surface area contributed by atoms with Crippen molar-refractivity contribution < 1.29 is 0 Å². The molecule has 0 aromatic heterocycles. The Kier molecular flexibility index (Phi) is 8.69. The molecule has 2 aliphatic carbocycles. The van der Waals surface area contributed by atoms with Crippen molar-refractivity contribution >= 4 is 46.4 Å². The molecule has 2 nitrogen and oxygen atoms in total. The number of hydrogen-bond donors (Lipinski definition) is 2. The van der Waals surface area contributed by atoms with Gasteiger partial charge in [0.15, 0.2) is 0 Å². The molecule has 6 rings (SSSR count). The van der Waals surface area contributed by atoms with E-state index < -0.39 is 0 Å². The lowest BCUT2D eigenvalue weighted by Gasteiger charge is -2.30. The first kappa shape index (κ1) is 27.5. The Morgan fingerprint density at radius 2 is 0.816 bits per heavy atom. The highest BCUT2D eigenvalue weighted by Crippen LogP contribution is 2.42. The highest BCUT2D eigenvalue weighted by molar-refractivity contribution is 6.42. The summed E-state index contributed by atoms with van der Waals surface area (Å²) in [6.07, 6.45) is 4.11. The summed E-state index contributed by atoms with van der Waals surface area (Å²) in [5, 5.41) is 2.44. The van der Waals surface area contributed by atoms with Crippen LogP contribution in [0, 0.1) is 0 Å². The summed E-state index contributed by atoms with van der Waals surface area (Å²) in [4.78, 5) is 0. The van der Waals surface area contributed by atoms with E-state index in [-0.39, 0.29) is 12.1 Å². The van der Waals surface area contributed by atoms with E-state index in [1.54, 1.807) is 0 Å². The molecule has 4 aromatic carbocycles. The van der Waals surface area contributed by atoms with Crippen molar-refractivity contribution in [3.05, 3.63) is 138 Å². The molecule has 38 heavy (non-hydrogen) atoms. The minimum absolute atomic E-state index is 0.148. The van der Waals surface area contributed by atoms with Gasteiger partial charge in [0.05, 0.1) is 20.1 Å². The predicted octanol–water partition coefficient (Wildman–Crippen LogP) is 9.84. The van der Waals surface area contributed by atoms with Crippen LogP contribution in [-0.2, 0) is 0 Å². The molecule has 1 unspecified atom stereocenters. The van der Waals surface area contributed by atoms with Crippen LogP contribution in [0.4, 0.5) is 0 Å². The predicted molar refractivity (Wildman–Crippen MR) is 162 cm³/mol. The quantitative estimate of drug-likeness (QED) is 0.247. The highest BCUT2D eigenvalue weighted by atomic mass is 35.5. The third-order valence-corrected chi connectivity index (χ3v) is 9.24. The van der Waals surface area contributed by atoms with Crippen LogP contribution in [0.3, 0.4) is 0 Å². The zero-order chi connectivity index (χ0) is 26.8. The van der Waals surface area contributed by atoms with Crippen molar-refractivity contribution in [2.24, 2.45) is 11.5 Å². The summed E-state index contributed by atoms with van der Waals surface area (Å²) in [5.74, 6) is 0.733. The molecule has 6 heteroatoms. The van der Waals surface area contributed by atoms with Gasteiger partial charge in [0, 0.05) is 23.9 Å². The van der Waals surface area contributed by atoms with Gasteiger partial charge in [0.1, 0.15) is 0 Å². The first-order valence-corrected chi connectivity index (χ1v) is 14.4. The van der Waals surface area contributed by atoms with Crippen LogP contribution in [-0.4, -0.2) is 0 Å². The Morgan fingerprint density at radius 1 is 0.447 bits per heavy atom. The molecule has 0 spiro atoms. The smallest absolute Gasteiger partial charge is 0.0595 e. The van der Waals surface area contributed by atoms with E-state index in [9.17, 15) is 0 Å². The van der Waals surface area contributed by atoms with Gasteiger partial charge in [-0.25, -0.2) is 0 Å². The van der Waals surface area contributed by atoms with Crippen LogP contribution in [0.5, 0.6) is 0 Å². The van der Waals surface area contributed by atoms with Gasteiger partial charge in [-0.05, 0) is 83.3 Å². The summed E-state index contributed by atoms with van der Waals surface area (Å²) in [6.45, 7) is 0. The topological polar surface area (TPSA) is 52.0 Å². The zero-order valence-corrected chi connectivity index (χ0v) is 23.9. The molecule has 0 aliphatic heterocycles. The summed E-state index contributed by atoms with van der Waals surface area (Å²) in [7, 11) is 0. The molecule has 2 aliphatic rings. The van der Waals surface area contributed by atoms with E-state index >= 15 is 0 Å². The molecular formula is C32H30Cl4N2. The fraction of sp³-hybridized carbons (Fsp3) is 0.250. The number of halogens is 4. The molecule has 4 aromatic rings. The van der Waals surface area contributed by atoms with Crippen LogP contribution in [0.15, 0.2) is 84.9 Å². The summed E-state index contributed by atoms with van der Waals surface area (Å²) >= 11 is 24.2. The molecule has 196 valence electrons. The van der Waals surface area contributed by atoms with E-state index in [0.29, 0.717) is 31.9 Å². The average Bonchev–Trinajstić information content (AvgIpc) is 2.93. The molecule has 0 heterocycles. The first-order valence-electron chi connectivity index (χ1n) is 12.9. The van der Waals surface area contributed by atoms with Crippen LogP contribution < -0.4 is 11.5 Å². The molecule has 0 bridgehead atoms. The summed E-state index contributed by atoms with van der Waals surface area (Å²) < 4.78 is 0. The van der Waals surface area contributed by atoms with Crippen LogP contribution in [0.1, 0.15) is 83.0 Å². The standard InChI is InChI=1S/2C16H15Cl2N/c2*17-14-7-5-10(9-15(14)18)11-6-8-16(19)13-4-2-1-3-12(11)13/h2*1-5,7,9,11,16H,6,8,19H2/t11?,16-;11-,16+/m10/s1. The number of hydrogen-bond acceptors (Lipinski definition) is 2. The minimum Gasteiger partial charge on any atom is -0.324 e. The second-order valence-corrected chi connectivity index (χ2v) is 11.7. The van der Waals surface area contributed by atoms with Crippen LogP contribution in [0.25, 0.3) is 0 Å².